The topological polar surface area (TPSA) is 92.2 Å². The number of hydrogen-bond donors (Lipinski definition) is 2. The smallest absolute Gasteiger partial charge is 0.337 e. The second-order valence-electron chi connectivity index (χ2n) is 3.89. The largest absolute Gasteiger partial charge is 0.478 e. The number of aromatic nitrogens is 2. The van der Waals surface area contributed by atoms with Crippen LogP contribution in [0.1, 0.15) is 20.8 Å². The molecule has 0 saturated carbocycles. The molecule has 0 spiro atoms. The van der Waals surface area contributed by atoms with E-state index in [4.69, 9.17) is 5.11 Å². The molecule has 0 bridgehead atoms. The molecule has 0 fully saturated rings. The Labute approximate surface area is 133 Å². The molecular weight excluding hydrogens is 358 g/mol. The molecule has 1 amide bonds. The summed E-state index contributed by atoms with van der Waals surface area (Å²) in [6, 6.07) is 4.57. The van der Waals surface area contributed by atoms with Crippen molar-refractivity contribution in [3.05, 3.63) is 46.3 Å². The van der Waals surface area contributed by atoms with Crippen LogP contribution in [0.25, 0.3) is 0 Å². The van der Waals surface area contributed by atoms with Crippen LogP contribution in [0.15, 0.2) is 40.1 Å². The fourth-order valence-corrected chi connectivity index (χ4v) is 2.20. The van der Waals surface area contributed by atoms with Gasteiger partial charge in [0.25, 0.3) is 5.91 Å². The number of carboxylic acid groups (broad SMARTS) is 1. The molecule has 0 aliphatic heterocycles. The zero-order valence-electron chi connectivity index (χ0n) is 10.8. The van der Waals surface area contributed by atoms with Crippen molar-refractivity contribution >= 4 is 45.3 Å². The van der Waals surface area contributed by atoms with E-state index in [2.05, 4.69) is 31.2 Å². The number of hydrogen-bond acceptors (Lipinski definition) is 5. The van der Waals surface area contributed by atoms with E-state index in [1.807, 2.05) is 6.26 Å². The van der Waals surface area contributed by atoms with E-state index in [0.717, 1.165) is 0 Å². The van der Waals surface area contributed by atoms with Gasteiger partial charge in [0.05, 0.1) is 23.6 Å². The van der Waals surface area contributed by atoms with Crippen LogP contribution in [0.2, 0.25) is 0 Å². The third-order valence-electron chi connectivity index (χ3n) is 2.53. The Morgan fingerprint density at radius 2 is 2.05 bits per heavy atom. The predicted molar refractivity (Wildman–Crippen MR) is 82.9 cm³/mol. The Morgan fingerprint density at radius 3 is 2.62 bits per heavy atom. The molecule has 0 radical (unpaired) electrons. The van der Waals surface area contributed by atoms with E-state index in [-0.39, 0.29) is 16.9 Å². The summed E-state index contributed by atoms with van der Waals surface area (Å²) in [4.78, 5) is 31.3. The molecule has 2 N–H and O–H groups in total. The van der Waals surface area contributed by atoms with Crippen LogP contribution in [0.3, 0.4) is 0 Å². The Kier molecular flexibility index (Phi) is 4.92. The lowest BCUT2D eigenvalue weighted by atomic mass is 10.2. The maximum Gasteiger partial charge on any atom is 0.337 e. The Morgan fingerprint density at radius 1 is 1.29 bits per heavy atom. The van der Waals surface area contributed by atoms with E-state index in [1.54, 1.807) is 6.07 Å². The molecular formula is C13H10BrN3O3S. The minimum absolute atomic E-state index is 0.00795. The lowest BCUT2D eigenvalue weighted by Crippen LogP contribution is -2.16. The van der Waals surface area contributed by atoms with Crippen LogP contribution >= 0.6 is 27.7 Å². The molecule has 2 aromatic rings. The number of rotatable bonds is 4. The van der Waals surface area contributed by atoms with Gasteiger partial charge >= 0.3 is 5.97 Å². The van der Waals surface area contributed by atoms with Gasteiger partial charge in [-0.1, -0.05) is 15.9 Å². The quantitative estimate of drug-likeness (QED) is 0.807. The molecule has 1 heterocycles. The molecule has 0 aliphatic rings. The third-order valence-corrected chi connectivity index (χ3v) is 3.65. The molecule has 1 aromatic carbocycles. The highest BCUT2D eigenvalue weighted by atomic mass is 79.9. The minimum Gasteiger partial charge on any atom is -0.478 e. The van der Waals surface area contributed by atoms with Crippen molar-refractivity contribution in [2.75, 3.05) is 11.6 Å². The molecule has 0 saturated heterocycles. The van der Waals surface area contributed by atoms with Gasteiger partial charge in [0.1, 0.15) is 10.7 Å². The van der Waals surface area contributed by atoms with E-state index in [9.17, 15) is 9.59 Å². The van der Waals surface area contributed by atoms with E-state index in [1.165, 1.54) is 36.3 Å². The normalized spacial score (nSPS) is 10.2. The summed E-state index contributed by atoms with van der Waals surface area (Å²) in [5.74, 6) is -1.64. The highest BCUT2D eigenvalue weighted by molar-refractivity contribution is 9.10. The SMILES string of the molecule is CSc1cnc(C(=O)Nc2ccc(Br)cc2C(=O)O)cn1. The number of carboxylic acids is 1. The average Bonchev–Trinajstić information content (AvgIpc) is 2.49. The second-order valence-corrected chi connectivity index (χ2v) is 5.64. The first-order chi connectivity index (χ1) is 10.0. The number of amides is 1. The lowest BCUT2D eigenvalue weighted by molar-refractivity contribution is 0.0698. The Hall–Kier alpha value is -1.93. The van der Waals surface area contributed by atoms with Gasteiger partial charge in [0.2, 0.25) is 0 Å². The van der Waals surface area contributed by atoms with Crippen molar-refractivity contribution in [3.8, 4) is 0 Å². The van der Waals surface area contributed by atoms with Gasteiger partial charge in [0.15, 0.2) is 0 Å². The van der Waals surface area contributed by atoms with Gasteiger partial charge in [-0.15, -0.1) is 11.8 Å². The van der Waals surface area contributed by atoms with Gasteiger partial charge < -0.3 is 10.4 Å². The first-order valence-electron chi connectivity index (χ1n) is 5.71. The average molecular weight is 368 g/mol. The zero-order chi connectivity index (χ0) is 15.4. The Bertz CT molecular complexity index is 692. The van der Waals surface area contributed by atoms with Gasteiger partial charge in [-0.05, 0) is 24.5 Å². The monoisotopic (exact) mass is 367 g/mol. The van der Waals surface area contributed by atoms with E-state index < -0.39 is 11.9 Å². The number of thioether (sulfide) groups is 1. The first-order valence-corrected chi connectivity index (χ1v) is 7.73. The van der Waals surface area contributed by atoms with Crippen LogP contribution in [0.5, 0.6) is 0 Å². The van der Waals surface area contributed by atoms with E-state index in [0.29, 0.717) is 9.50 Å². The molecule has 0 atom stereocenters. The highest BCUT2D eigenvalue weighted by Crippen LogP contribution is 2.21. The third kappa shape index (κ3) is 3.79. The molecule has 8 heteroatoms. The van der Waals surface area contributed by atoms with Gasteiger partial charge in [0, 0.05) is 4.47 Å². The second kappa shape index (κ2) is 6.68. The molecule has 1 aromatic heterocycles. The fourth-order valence-electron chi connectivity index (χ4n) is 1.53. The van der Waals surface area contributed by atoms with Crippen molar-refractivity contribution in [2.45, 2.75) is 5.03 Å². The first kappa shape index (κ1) is 15.5. The van der Waals surface area contributed by atoms with Crippen molar-refractivity contribution in [2.24, 2.45) is 0 Å². The molecule has 6 nitrogen and oxygen atoms in total. The number of nitrogens with one attached hydrogen (secondary N) is 1. The summed E-state index contributed by atoms with van der Waals surface area (Å²) in [7, 11) is 0. The summed E-state index contributed by atoms with van der Waals surface area (Å²) in [5, 5.41) is 12.4. The number of carbonyl (C=O) groups excluding carboxylic acids is 1. The fraction of sp³-hybridized carbons (Fsp3) is 0.0769. The summed E-state index contributed by atoms with van der Waals surface area (Å²) in [6.45, 7) is 0. The number of anilines is 1. The summed E-state index contributed by atoms with van der Waals surface area (Å²) in [6.07, 6.45) is 4.68. The minimum atomic E-state index is -1.13. The van der Waals surface area contributed by atoms with Crippen molar-refractivity contribution < 1.29 is 14.7 Å². The van der Waals surface area contributed by atoms with Gasteiger partial charge in [-0.25, -0.2) is 14.8 Å². The van der Waals surface area contributed by atoms with Crippen LogP contribution in [-0.4, -0.2) is 33.2 Å². The van der Waals surface area contributed by atoms with Crippen molar-refractivity contribution in [3.63, 3.8) is 0 Å². The number of carbonyl (C=O) groups is 2. The van der Waals surface area contributed by atoms with Crippen LogP contribution < -0.4 is 5.32 Å². The van der Waals surface area contributed by atoms with Crippen molar-refractivity contribution in [1.29, 1.82) is 0 Å². The number of halogens is 1. The Balaban J connectivity index is 2.24. The molecule has 21 heavy (non-hydrogen) atoms. The van der Waals surface area contributed by atoms with Gasteiger partial charge in [-0.3, -0.25) is 4.79 Å². The predicted octanol–water partition coefficient (Wildman–Crippen LogP) is 2.91. The van der Waals surface area contributed by atoms with Crippen molar-refractivity contribution in [1.82, 2.24) is 9.97 Å². The van der Waals surface area contributed by atoms with Crippen LogP contribution in [-0.2, 0) is 0 Å². The van der Waals surface area contributed by atoms with E-state index >= 15 is 0 Å². The molecule has 2 rings (SSSR count). The number of benzene rings is 1. The van der Waals surface area contributed by atoms with Crippen LogP contribution in [0, 0.1) is 0 Å². The summed E-state index contributed by atoms with van der Waals surface area (Å²) >= 11 is 4.60. The lowest BCUT2D eigenvalue weighted by Gasteiger charge is -2.08. The zero-order valence-corrected chi connectivity index (χ0v) is 13.2. The molecule has 0 aliphatic carbocycles. The number of nitrogens with zero attached hydrogens (tertiary/aromatic N) is 2. The highest BCUT2D eigenvalue weighted by Gasteiger charge is 2.15. The standard InChI is InChI=1S/C13H10BrN3O3S/c1-21-11-6-15-10(5-16-11)12(18)17-9-3-2-7(14)4-8(9)13(19)20/h2-6H,1H3,(H,17,18)(H,19,20). The van der Waals surface area contributed by atoms with Crippen LogP contribution in [0.4, 0.5) is 5.69 Å². The maximum atomic E-state index is 12.0. The maximum absolute atomic E-state index is 12.0. The molecule has 0 unspecified atom stereocenters. The summed E-state index contributed by atoms with van der Waals surface area (Å²) in [5.41, 5.74) is 0.310. The number of aromatic carboxylic acids is 1. The molecule has 108 valence electrons. The van der Waals surface area contributed by atoms with Gasteiger partial charge in [-0.2, -0.15) is 0 Å². The summed E-state index contributed by atoms with van der Waals surface area (Å²) < 4.78 is 0.613.